The van der Waals surface area contributed by atoms with Crippen LogP contribution in [0.15, 0.2) is 35.7 Å². The average Bonchev–Trinajstić information content (AvgIpc) is 2.97. The van der Waals surface area contributed by atoms with Crippen molar-refractivity contribution in [3.8, 4) is 0 Å². The number of nitrogens with one attached hydrogen (secondary N) is 1. The minimum absolute atomic E-state index is 0.151. The largest absolute Gasteiger partial charge is 0.388 e. The summed E-state index contributed by atoms with van der Waals surface area (Å²) in [5.41, 5.74) is 6.74. The van der Waals surface area contributed by atoms with Gasteiger partial charge in [0, 0.05) is 17.8 Å². The highest BCUT2D eigenvalue weighted by Gasteiger charge is 2.16. The van der Waals surface area contributed by atoms with E-state index in [0.717, 1.165) is 10.6 Å². The minimum Gasteiger partial charge on any atom is -0.388 e. The van der Waals surface area contributed by atoms with Crippen molar-refractivity contribution >= 4 is 17.2 Å². The summed E-state index contributed by atoms with van der Waals surface area (Å²) in [6.45, 7) is 2.39. The van der Waals surface area contributed by atoms with Crippen molar-refractivity contribution in [3.63, 3.8) is 0 Å². The first-order valence-electron chi connectivity index (χ1n) is 7.28. The molecule has 5 nitrogen and oxygen atoms in total. The van der Waals surface area contributed by atoms with E-state index in [1.54, 1.807) is 5.38 Å². The molecule has 1 aromatic heterocycles. The zero-order valence-electron chi connectivity index (χ0n) is 12.5. The fraction of sp³-hybridized carbons (Fsp3) is 0.375. The molecule has 1 amide bonds. The number of hydrogen-bond donors (Lipinski definition) is 3. The number of aliphatic hydroxyl groups excluding tert-OH is 1. The molecule has 0 aliphatic rings. The van der Waals surface area contributed by atoms with Crippen molar-refractivity contribution in [2.75, 3.05) is 6.54 Å². The van der Waals surface area contributed by atoms with Crippen molar-refractivity contribution in [2.45, 2.75) is 31.9 Å². The maximum Gasteiger partial charge on any atom is 0.270 e. The SMILES string of the molecule is CC(CC(O)c1ccccc1)NC(=O)c1csc(CCN)n1. The van der Waals surface area contributed by atoms with E-state index in [1.165, 1.54) is 11.3 Å². The maximum atomic E-state index is 12.1. The first-order chi connectivity index (χ1) is 10.6. The van der Waals surface area contributed by atoms with Crippen LogP contribution in [-0.2, 0) is 6.42 Å². The molecule has 0 saturated carbocycles. The van der Waals surface area contributed by atoms with Crippen LogP contribution in [0, 0.1) is 0 Å². The summed E-state index contributed by atoms with van der Waals surface area (Å²) in [6.07, 6.45) is 0.537. The van der Waals surface area contributed by atoms with E-state index in [2.05, 4.69) is 10.3 Å². The minimum atomic E-state index is -0.597. The number of aromatic nitrogens is 1. The van der Waals surface area contributed by atoms with Crippen molar-refractivity contribution in [1.29, 1.82) is 0 Å². The molecule has 0 saturated heterocycles. The fourth-order valence-corrected chi connectivity index (χ4v) is 2.95. The summed E-state index contributed by atoms with van der Waals surface area (Å²) in [6, 6.07) is 9.27. The number of hydrogen-bond acceptors (Lipinski definition) is 5. The van der Waals surface area contributed by atoms with Gasteiger partial charge in [0.2, 0.25) is 0 Å². The zero-order valence-corrected chi connectivity index (χ0v) is 13.3. The number of aliphatic hydroxyl groups is 1. The van der Waals surface area contributed by atoms with Crippen LogP contribution in [0.25, 0.3) is 0 Å². The molecule has 0 aliphatic carbocycles. The molecule has 2 unspecified atom stereocenters. The van der Waals surface area contributed by atoms with E-state index < -0.39 is 6.10 Å². The van der Waals surface area contributed by atoms with Gasteiger partial charge in [-0.15, -0.1) is 11.3 Å². The van der Waals surface area contributed by atoms with Gasteiger partial charge < -0.3 is 16.2 Å². The summed E-state index contributed by atoms with van der Waals surface area (Å²) in [7, 11) is 0. The molecule has 1 heterocycles. The van der Waals surface area contributed by atoms with Crippen molar-refractivity contribution < 1.29 is 9.90 Å². The Morgan fingerprint density at radius 2 is 2.14 bits per heavy atom. The second-order valence-corrected chi connectivity index (χ2v) is 6.14. The number of benzene rings is 1. The fourth-order valence-electron chi connectivity index (χ4n) is 2.16. The Morgan fingerprint density at radius 1 is 1.41 bits per heavy atom. The van der Waals surface area contributed by atoms with Crippen LogP contribution in [0.3, 0.4) is 0 Å². The molecule has 2 rings (SSSR count). The molecule has 2 aromatic rings. The van der Waals surface area contributed by atoms with Gasteiger partial charge >= 0.3 is 0 Å². The first kappa shape index (κ1) is 16.6. The van der Waals surface area contributed by atoms with Gasteiger partial charge in [0.05, 0.1) is 11.1 Å². The number of rotatable bonds is 7. The van der Waals surface area contributed by atoms with Crippen LogP contribution in [0.4, 0.5) is 0 Å². The molecule has 22 heavy (non-hydrogen) atoms. The van der Waals surface area contributed by atoms with Gasteiger partial charge in [-0.25, -0.2) is 4.98 Å². The van der Waals surface area contributed by atoms with Gasteiger partial charge in [-0.1, -0.05) is 30.3 Å². The molecular formula is C16H21N3O2S. The second kappa shape index (κ2) is 8.03. The number of carbonyl (C=O) groups is 1. The molecule has 118 valence electrons. The lowest BCUT2D eigenvalue weighted by molar-refractivity contribution is 0.0912. The van der Waals surface area contributed by atoms with E-state index in [0.29, 0.717) is 25.1 Å². The molecular weight excluding hydrogens is 298 g/mol. The summed E-state index contributed by atoms with van der Waals surface area (Å²) in [4.78, 5) is 16.4. The smallest absolute Gasteiger partial charge is 0.270 e. The van der Waals surface area contributed by atoms with E-state index >= 15 is 0 Å². The van der Waals surface area contributed by atoms with Gasteiger partial charge in [-0.2, -0.15) is 0 Å². The molecule has 0 fully saturated rings. The molecule has 0 spiro atoms. The third kappa shape index (κ3) is 4.62. The molecule has 6 heteroatoms. The summed E-state index contributed by atoms with van der Waals surface area (Å²) >= 11 is 1.44. The van der Waals surface area contributed by atoms with Crippen LogP contribution < -0.4 is 11.1 Å². The lowest BCUT2D eigenvalue weighted by atomic mass is 10.0. The Kier molecular flexibility index (Phi) is 6.06. The average molecular weight is 319 g/mol. The molecule has 2 atom stereocenters. The summed E-state index contributed by atoms with van der Waals surface area (Å²) in [5, 5.41) is 15.6. The van der Waals surface area contributed by atoms with E-state index in [-0.39, 0.29) is 11.9 Å². The number of amides is 1. The first-order valence-corrected chi connectivity index (χ1v) is 8.16. The highest BCUT2D eigenvalue weighted by Crippen LogP contribution is 2.18. The molecule has 0 aliphatic heterocycles. The molecule has 4 N–H and O–H groups in total. The van der Waals surface area contributed by atoms with Crippen LogP contribution >= 0.6 is 11.3 Å². The molecule has 1 aromatic carbocycles. The van der Waals surface area contributed by atoms with Crippen LogP contribution in [0.2, 0.25) is 0 Å². The standard InChI is InChI=1S/C16H21N3O2S/c1-11(9-14(20)12-5-3-2-4-6-12)18-16(21)13-10-22-15(19-13)7-8-17/h2-6,10-11,14,20H,7-9,17H2,1H3,(H,18,21). The Hall–Kier alpha value is -1.76. The van der Waals surface area contributed by atoms with Gasteiger partial charge in [-0.05, 0) is 25.5 Å². The second-order valence-electron chi connectivity index (χ2n) is 5.20. The topological polar surface area (TPSA) is 88.2 Å². The normalized spacial score (nSPS) is 13.6. The van der Waals surface area contributed by atoms with E-state index in [1.807, 2.05) is 37.3 Å². The van der Waals surface area contributed by atoms with E-state index in [4.69, 9.17) is 5.73 Å². The summed E-state index contributed by atoms with van der Waals surface area (Å²) in [5.74, 6) is -0.215. The molecule has 0 radical (unpaired) electrons. The lowest BCUT2D eigenvalue weighted by Gasteiger charge is -2.17. The van der Waals surface area contributed by atoms with Crippen molar-refractivity contribution in [2.24, 2.45) is 5.73 Å². The van der Waals surface area contributed by atoms with Crippen molar-refractivity contribution in [3.05, 3.63) is 52.0 Å². The van der Waals surface area contributed by atoms with Gasteiger partial charge in [0.1, 0.15) is 5.69 Å². The molecule has 0 bridgehead atoms. The van der Waals surface area contributed by atoms with Gasteiger partial charge in [-0.3, -0.25) is 4.79 Å². The maximum absolute atomic E-state index is 12.1. The van der Waals surface area contributed by atoms with Gasteiger partial charge in [0.25, 0.3) is 5.91 Å². The predicted molar refractivity (Wildman–Crippen MR) is 87.8 cm³/mol. The zero-order chi connectivity index (χ0) is 15.9. The Bertz CT molecular complexity index is 600. The number of carbonyl (C=O) groups excluding carboxylic acids is 1. The predicted octanol–water partition coefficient (Wildman–Crippen LogP) is 1.89. The third-order valence-electron chi connectivity index (χ3n) is 3.28. The Morgan fingerprint density at radius 3 is 2.82 bits per heavy atom. The summed E-state index contributed by atoms with van der Waals surface area (Å²) < 4.78 is 0. The number of nitrogens with two attached hydrogens (primary N) is 1. The highest BCUT2D eigenvalue weighted by molar-refractivity contribution is 7.09. The Labute approximate surface area is 134 Å². The van der Waals surface area contributed by atoms with Crippen LogP contribution in [0.1, 0.15) is 40.5 Å². The highest BCUT2D eigenvalue weighted by atomic mass is 32.1. The van der Waals surface area contributed by atoms with E-state index in [9.17, 15) is 9.90 Å². The third-order valence-corrected chi connectivity index (χ3v) is 4.19. The van der Waals surface area contributed by atoms with Crippen LogP contribution in [-0.4, -0.2) is 28.6 Å². The monoisotopic (exact) mass is 319 g/mol. The number of thiazole rings is 1. The van der Waals surface area contributed by atoms with Crippen molar-refractivity contribution in [1.82, 2.24) is 10.3 Å². The number of nitrogens with zero attached hydrogens (tertiary/aromatic N) is 1. The Balaban J connectivity index is 1.88. The van der Waals surface area contributed by atoms with Gasteiger partial charge in [0.15, 0.2) is 0 Å². The lowest BCUT2D eigenvalue weighted by Crippen LogP contribution is -2.34. The quantitative estimate of drug-likeness (QED) is 0.727. The van der Waals surface area contributed by atoms with Crippen LogP contribution in [0.5, 0.6) is 0 Å².